The molecule has 1 unspecified atom stereocenters. The minimum atomic E-state index is -5.79. The number of hydrogen-bond acceptors (Lipinski definition) is 16. The summed E-state index contributed by atoms with van der Waals surface area (Å²) < 4.78 is 52.2. The van der Waals surface area contributed by atoms with Crippen molar-refractivity contribution in [2.45, 2.75) is 216 Å². The number of rotatable bonds is 24. The van der Waals surface area contributed by atoms with Crippen molar-refractivity contribution in [3.8, 4) is 0 Å². The fraction of sp³-hybridized carbons (Fsp3) is 0.809. The van der Waals surface area contributed by atoms with Gasteiger partial charge in [0.05, 0.1) is 31.0 Å². The summed E-state index contributed by atoms with van der Waals surface area (Å²) in [7, 11) is -11.5. The van der Waals surface area contributed by atoms with Crippen molar-refractivity contribution in [2.75, 3.05) is 13.2 Å². The third-order valence-electron chi connectivity index (χ3n) is 12.0. The first kappa shape index (κ1) is 61.9. The maximum Gasteiger partial charge on any atom is 0.472 e. The van der Waals surface area contributed by atoms with Gasteiger partial charge < -0.3 is 54.8 Å². The molecule has 1 saturated carbocycles. The van der Waals surface area contributed by atoms with Gasteiger partial charge in [-0.25, -0.2) is 9.13 Å². The second kappa shape index (κ2) is 34.2. The Bertz CT molecular complexity index is 1620. The largest absolute Gasteiger partial charge is 0.472 e. The van der Waals surface area contributed by atoms with E-state index < -0.39 is 120 Å². The number of allylic oxidation sites excluding steroid dienone is 4. The van der Waals surface area contributed by atoms with Crippen LogP contribution in [-0.4, -0.2) is 131 Å². The van der Waals surface area contributed by atoms with Crippen LogP contribution in [-0.2, 0) is 46.6 Å². The number of Topliss-reactive ketones (excluding diaryl/α,β-unsaturated/α-hetero) is 1. The zero-order valence-corrected chi connectivity index (χ0v) is 41.8. The van der Waals surface area contributed by atoms with Crippen LogP contribution in [0.15, 0.2) is 36.5 Å². The number of ether oxygens (including phenoxy) is 2. The number of unbranched alkanes of at least 4 members (excludes halogenated alkanes) is 13. The van der Waals surface area contributed by atoms with Gasteiger partial charge in [-0.3, -0.25) is 28.0 Å². The molecule has 21 heteroatoms. The molecule has 0 aromatic heterocycles. The summed E-state index contributed by atoms with van der Waals surface area (Å²) in [6.07, 6.45) is 5.14. The Morgan fingerprint density at radius 1 is 0.838 bits per heavy atom. The summed E-state index contributed by atoms with van der Waals surface area (Å²) in [6.45, 7) is 2.52. The first-order chi connectivity index (χ1) is 32.3. The van der Waals surface area contributed by atoms with Crippen LogP contribution in [0, 0.1) is 11.8 Å². The second-order valence-electron chi connectivity index (χ2n) is 18.0. The number of fused-ring (bicyclic) bond motifs is 4. The molecular formula is C47H82O19P2. The molecule has 9 N–H and O–H groups in total. The predicted octanol–water partition coefficient (Wildman–Crippen LogP) is 6.10. The average molecular weight is 1010 g/mol. The molecule has 0 amide bonds. The van der Waals surface area contributed by atoms with Gasteiger partial charge in [-0.2, -0.15) is 0 Å². The summed E-state index contributed by atoms with van der Waals surface area (Å²) in [6, 6.07) is 0. The lowest BCUT2D eigenvalue weighted by molar-refractivity contribution is -0.164. The first-order valence-corrected chi connectivity index (χ1v) is 27.7. The number of carbonyl (C=O) groups is 3. The standard InChI is InChI=1S/C47H82O19P2/c1-3-5-7-8-9-10-11-12-13-14-15-16-17-18-24-28-41(52)64-35-32-62-40(51)27-23-20-19-22-26-36-38(49)31-39(50)37(30-29-34(48)25-21-6-4-2)43(54)46(65-67(57,58)59)47(45(56)44(55)42(36)53)66-68(60,61)63-33-35/h10-11,19,22,29-30,34-37,39,42-48,50,53-56H,3-9,12-18,20-21,23-28,31-33H2,1-2H3,(H,60,61)(H2,57,58,59)/b11-10-,22-19-,30-29+/t34-,35+,36-,37-,39+,42+,43+,44-,45+,46+,47-/m0/s1. The van der Waals surface area contributed by atoms with E-state index in [1.807, 2.05) is 6.92 Å². The molecule has 1 aliphatic heterocycles. The van der Waals surface area contributed by atoms with E-state index >= 15 is 0 Å². The normalized spacial score (nSPS) is 30.9. The van der Waals surface area contributed by atoms with Crippen LogP contribution in [0.1, 0.15) is 162 Å². The number of phosphoric ester groups is 2. The van der Waals surface area contributed by atoms with Crippen molar-refractivity contribution in [1.29, 1.82) is 0 Å². The second-order valence-corrected chi connectivity index (χ2v) is 20.6. The van der Waals surface area contributed by atoms with Crippen molar-refractivity contribution in [1.82, 2.24) is 0 Å². The molecule has 1 fully saturated rings. The Morgan fingerprint density at radius 2 is 1.46 bits per heavy atom. The van der Waals surface area contributed by atoms with Gasteiger partial charge in [0.15, 0.2) is 6.10 Å². The maximum atomic E-state index is 13.7. The van der Waals surface area contributed by atoms with Gasteiger partial charge in [0.1, 0.15) is 36.8 Å². The Balaban J connectivity index is 2.35. The van der Waals surface area contributed by atoms with Crippen molar-refractivity contribution in [3.63, 3.8) is 0 Å². The van der Waals surface area contributed by atoms with E-state index in [1.54, 1.807) is 6.08 Å². The fourth-order valence-electron chi connectivity index (χ4n) is 8.07. The van der Waals surface area contributed by atoms with E-state index in [-0.39, 0.29) is 38.5 Å². The van der Waals surface area contributed by atoms with Gasteiger partial charge in [0.2, 0.25) is 0 Å². The van der Waals surface area contributed by atoms with E-state index in [1.165, 1.54) is 31.8 Å². The lowest BCUT2D eigenvalue weighted by atomic mass is 9.84. The number of aliphatic hydroxyl groups excluding tert-OH is 6. The molecule has 19 nitrogen and oxygen atoms in total. The third-order valence-corrected chi connectivity index (χ3v) is 13.6. The van der Waals surface area contributed by atoms with Gasteiger partial charge in [-0.15, -0.1) is 0 Å². The highest BCUT2D eigenvalue weighted by molar-refractivity contribution is 7.47. The zero-order valence-electron chi connectivity index (χ0n) is 40.0. The van der Waals surface area contributed by atoms with Gasteiger partial charge in [-0.1, -0.05) is 121 Å². The van der Waals surface area contributed by atoms with Crippen molar-refractivity contribution in [3.05, 3.63) is 36.5 Å². The van der Waals surface area contributed by atoms with Crippen LogP contribution in [0.25, 0.3) is 0 Å². The number of hydrogen-bond donors (Lipinski definition) is 9. The summed E-state index contributed by atoms with van der Waals surface area (Å²) in [4.78, 5) is 70.4. The molecule has 2 rings (SSSR count). The summed E-state index contributed by atoms with van der Waals surface area (Å²) >= 11 is 0. The third kappa shape index (κ3) is 25.8. The van der Waals surface area contributed by atoms with Gasteiger partial charge in [0, 0.05) is 31.1 Å². The molecular weight excluding hydrogens is 930 g/mol. The summed E-state index contributed by atoms with van der Waals surface area (Å²) in [5.41, 5.74) is 0. The number of aliphatic hydroxyl groups is 6. The van der Waals surface area contributed by atoms with E-state index in [0.717, 1.165) is 76.4 Å². The van der Waals surface area contributed by atoms with Crippen molar-refractivity contribution < 1.29 is 91.9 Å². The molecule has 0 radical (unpaired) electrons. The van der Waals surface area contributed by atoms with E-state index in [9.17, 15) is 68.8 Å². The average Bonchev–Trinajstić information content (AvgIpc) is 3.28. The van der Waals surface area contributed by atoms with E-state index in [2.05, 4.69) is 19.1 Å². The van der Waals surface area contributed by atoms with Crippen LogP contribution in [0.3, 0.4) is 0 Å². The SMILES string of the molecule is CCCCCC/C=C\CCCCCCCCCC(=O)O[C@@H]1COC(=O)CCC/C=C\C[C@H]2C(=O)C[C@@H](O)[C@H](/C=C/[C@@H](O)CCCCC)[C@@H](O)[C@@H](OP(=O)(O)O)[C@@H](OP(=O)(O)OC1)[C@H](O)[C@@H](O)[C@@H]2O. The van der Waals surface area contributed by atoms with E-state index in [4.69, 9.17) is 23.0 Å². The lowest BCUT2D eigenvalue weighted by Gasteiger charge is -2.38. The molecule has 394 valence electrons. The molecule has 68 heavy (non-hydrogen) atoms. The molecule has 12 atom stereocenters. The molecule has 2 bridgehead atoms. The van der Waals surface area contributed by atoms with Crippen LogP contribution in [0.2, 0.25) is 0 Å². The molecule has 1 aliphatic carbocycles. The minimum absolute atomic E-state index is 0.0401. The number of carbonyl (C=O) groups excluding carboxylic acids is 3. The topological polar surface area (TPSA) is 314 Å². The summed E-state index contributed by atoms with van der Waals surface area (Å²) in [5.74, 6) is -5.69. The molecule has 0 aromatic carbocycles. The van der Waals surface area contributed by atoms with Crippen molar-refractivity contribution in [2.24, 2.45) is 11.8 Å². The fourth-order valence-corrected chi connectivity index (χ4v) is 9.60. The Kier molecular flexibility index (Phi) is 31.2. The lowest BCUT2D eigenvalue weighted by Crippen LogP contribution is -2.56. The highest BCUT2D eigenvalue weighted by Gasteiger charge is 2.51. The minimum Gasteiger partial charge on any atom is -0.462 e. The van der Waals surface area contributed by atoms with Crippen LogP contribution in [0.5, 0.6) is 0 Å². The van der Waals surface area contributed by atoms with Crippen LogP contribution in [0.4, 0.5) is 0 Å². The quantitative estimate of drug-likeness (QED) is 0.0228. The monoisotopic (exact) mass is 1010 g/mol. The molecule has 0 spiro atoms. The Hall–Kier alpha value is -2.19. The molecule has 1 heterocycles. The van der Waals surface area contributed by atoms with Crippen LogP contribution >= 0.6 is 15.6 Å². The Labute approximate surface area is 402 Å². The summed E-state index contributed by atoms with van der Waals surface area (Å²) in [5, 5.41) is 68.2. The van der Waals surface area contributed by atoms with Crippen molar-refractivity contribution >= 4 is 33.4 Å². The highest BCUT2D eigenvalue weighted by Crippen LogP contribution is 2.49. The predicted molar refractivity (Wildman–Crippen MR) is 251 cm³/mol. The van der Waals surface area contributed by atoms with Crippen LogP contribution < -0.4 is 0 Å². The number of esters is 2. The molecule has 0 saturated heterocycles. The smallest absolute Gasteiger partial charge is 0.462 e. The zero-order chi connectivity index (χ0) is 50.5. The van der Waals surface area contributed by atoms with Gasteiger partial charge in [0.25, 0.3) is 0 Å². The number of phosphoric acid groups is 2. The number of ketones is 1. The number of cyclic esters (lactones) is 1. The maximum absolute atomic E-state index is 13.7. The first-order valence-electron chi connectivity index (χ1n) is 24.6. The molecule has 2 aliphatic rings. The van der Waals surface area contributed by atoms with E-state index in [0.29, 0.717) is 12.8 Å². The molecule has 0 aromatic rings. The highest BCUT2D eigenvalue weighted by atomic mass is 31.2. The Morgan fingerprint density at radius 3 is 2.10 bits per heavy atom. The van der Waals surface area contributed by atoms with Gasteiger partial charge in [-0.05, 0) is 57.8 Å². The van der Waals surface area contributed by atoms with Gasteiger partial charge >= 0.3 is 27.6 Å².